The van der Waals surface area contributed by atoms with Crippen molar-refractivity contribution in [1.82, 2.24) is 9.88 Å². The van der Waals surface area contributed by atoms with Crippen molar-refractivity contribution in [3.05, 3.63) is 59.7 Å². The van der Waals surface area contributed by atoms with Crippen LogP contribution in [0.25, 0.3) is 10.9 Å². The summed E-state index contributed by atoms with van der Waals surface area (Å²) in [4.78, 5) is 29.0. The van der Waals surface area contributed by atoms with Crippen molar-refractivity contribution < 1.29 is 14.3 Å². The van der Waals surface area contributed by atoms with Gasteiger partial charge >= 0.3 is 0 Å². The molecule has 0 spiro atoms. The number of hydrogen-bond donors (Lipinski definition) is 1. The fourth-order valence-electron chi connectivity index (χ4n) is 4.48. The van der Waals surface area contributed by atoms with E-state index in [4.69, 9.17) is 4.74 Å². The molecule has 0 saturated carbocycles. The third-order valence-corrected chi connectivity index (χ3v) is 7.30. The number of nitrogens with zero attached hydrogens (tertiary/aromatic N) is 2. The second-order valence-corrected chi connectivity index (χ2v) is 9.80. The number of nitrogens with one attached hydrogen (secondary N) is 1. The molecule has 0 saturated heterocycles. The number of carbonyl (C=O) groups excluding carboxylic acids is 2. The summed E-state index contributed by atoms with van der Waals surface area (Å²) in [6.07, 6.45) is 1.73. The number of anilines is 1. The molecular formula is C27H33N3O3S. The van der Waals surface area contributed by atoms with E-state index in [1.54, 1.807) is 4.90 Å². The van der Waals surface area contributed by atoms with Gasteiger partial charge in [0, 0.05) is 42.4 Å². The highest BCUT2D eigenvalue weighted by Crippen LogP contribution is 2.43. The number of amides is 2. The van der Waals surface area contributed by atoms with Crippen LogP contribution in [-0.4, -0.2) is 41.4 Å². The van der Waals surface area contributed by atoms with Crippen LogP contribution in [0.5, 0.6) is 0 Å². The van der Waals surface area contributed by atoms with Gasteiger partial charge in [0.1, 0.15) is 6.04 Å². The van der Waals surface area contributed by atoms with Crippen molar-refractivity contribution in [1.29, 1.82) is 0 Å². The molecule has 0 fully saturated rings. The van der Waals surface area contributed by atoms with E-state index in [9.17, 15) is 9.59 Å². The number of thioether (sulfide) groups is 1. The minimum absolute atomic E-state index is 0.0678. The van der Waals surface area contributed by atoms with E-state index < -0.39 is 6.04 Å². The second-order valence-electron chi connectivity index (χ2n) is 8.84. The number of fused-ring (bicyclic) bond motifs is 3. The Bertz CT molecular complexity index is 1190. The zero-order valence-electron chi connectivity index (χ0n) is 20.3. The summed E-state index contributed by atoms with van der Waals surface area (Å²) >= 11 is 1.51. The average Bonchev–Trinajstić information content (AvgIpc) is 3.01. The first kappa shape index (κ1) is 24.4. The van der Waals surface area contributed by atoms with E-state index in [1.807, 2.05) is 63.4 Å². The number of hydrogen-bond acceptors (Lipinski definition) is 4. The molecular weight excluding hydrogens is 446 g/mol. The summed E-state index contributed by atoms with van der Waals surface area (Å²) in [5, 5.41) is 5.05. The first-order valence-corrected chi connectivity index (χ1v) is 12.9. The van der Waals surface area contributed by atoms with E-state index in [0.29, 0.717) is 19.6 Å². The van der Waals surface area contributed by atoms with Gasteiger partial charge in [-0.1, -0.05) is 49.0 Å². The first-order chi connectivity index (χ1) is 16.4. The lowest BCUT2D eigenvalue weighted by Crippen LogP contribution is -2.44. The van der Waals surface area contributed by atoms with Crippen LogP contribution in [0, 0.1) is 0 Å². The number of carbonyl (C=O) groups is 2. The zero-order valence-corrected chi connectivity index (χ0v) is 21.2. The molecule has 1 aromatic heterocycles. The van der Waals surface area contributed by atoms with Crippen LogP contribution >= 0.6 is 11.8 Å². The van der Waals surface area contributed by atoms with Crippen molar-refractivity contribution in [2.24, 2.45) is 7.05 Å². The Kier molecular flexibility index (Phi) is 7.63. The lowest BCUT2D eigenvalue weighted by atomic mass is 10.0. The zero-order chi connectivity index (χ0) is 24.2. The standard InChI is InChI=1S/C27H33N3O3S/c1-5-19-10-8-11-20(16-19)30-23(31)17-34-27-24(21-12-6-7-13-22(21)29(27)4)25(30)26(32)28-14-9-15-33-18(2)3/h6-8,10-13,16,18,25H,5,9,14-15,17H2,1-4H3,(H,28,32)/t25-/m1/s1. The lowest BCUT2D eigenvalue weighted by molar-refractivity contribution is -0.125. The molecule has 1 aliphatic heterocycles. The fraction of sp³-hybridized carbons (Fsp3) is 0.407. The third kappa shape index (κ3) is 4.86. The van der Waals surface area contributed by atoms with E-state index in [0.717, 1.165) is 39.2 Å². The van der Waals surface area contributed by atoms with Crippen LogP contribution < -0.4 is 10.2 Å². The summed E-state index contributed by atoms with van der Waals surface area (Å²) < 4.78 is 7.72. The topological polar surface area (TPSA) is 63.6 Å². The third-order valence-electron chi connectivity index (χ3n) is 6.14. The molecule has 2 aromatic carbocycles. The highest BCUT2D eigenvalue weighted by Gasteiger charge is 2.39. The molecule has 3 aromatic rings. The minimum Gasteiger partial charge on any atom is -0.379 e. The monoisotopic (exact) mass is 479 g/mol. The highest BCUT2D eigenvalue weighted by atomic mass is 32.2. The van der Waals surface area contributed by atoms with Crippen molar-refractivity contribution in [2.45, 2.75) is 50.8 Å². The van der Waals surface area contributed by atoms with E-state index in [1.165, 1.54) is 11.8 Å². The maximum absolute atomic E-state index is 13.8. The Morgan fingerprint density at radius 3 is 2.76 bits per heavy atom. The van der Waals surface area contributed by atoms with Gasteiger partial charge in [0.2, 0.25) is 11.8 Å². The summed E-state index contributed by atoms with van der Waals surface area (Å²) in [6.45, 7) is 7.16. The maximum atomic E-state index is 13.8. The van der Waals surface area contributed by atoms with E-state index >= 15 is 0 Å². The maximum Gasteiger partial charge on any atom is 0.247 e. The van der Waals surface area contributed by atoms with Gasteiger partial charge in [0.05, 0.1) is 16.9 Å². The molecule has 7 heteroatoms. The van der Waals surface area contributed by atoms with Gasteiger partial charge in [-0.15, -0.1) is 0 Å². The van der Waals surface area contributed by atoms with Crippen LogP contribution in [0.1, 0.15) is 44.4 Å². The molecule has 0 bridgehead atoms. The Hall–Kier alpha value is -2.77. The Morgan fingerprint density at radius 2 is 2.00 bits per heavy atom. The number of para-hydroxylation sites is 1. The highest BCUT2D eigenvalue weighted by molar-refractivity contribution is 8.00. The van der Waals surface area contributed by atoms with Gasteiger partial charge in [-0.05, 0) is 50.5 Å². The number of aromatic nitrogens is 1. The predicted octanol–water partition coefficient (Wildman–Crippen LogP) is 4.85. The number of benzene rings is 2. The molecule has 4 rings (SSSR count). The summed E-state index contributed by atoms with van der Waals surface area (Å²) in [6, 6.07) is 15.3. The predicted molar refractivity (Wildman–Crippen MR) is 138 cm³/mol. The quantitative estimate of drug-likeness (QED) is 0.469. The van der Waals surface area contributed by atoms with Gasteiger partial charge in [0.15, 0.2) is 0 Å². The van der Waals surface area contributed by atoms with Gasteiger partial charge in [-0.25, -0.2) is 0 Å². The van der Waals surface area contributed by atoms with Gasteiger partial charge in [0.25, 0.3) is 0 Å². The average molecular weight is 480 g/mol. The van der Waals surface area contributed by atoms with E-state index in [2.05, 4.69) is 22.9 Å². The van der Waals surface area contributed by atoms with Crippen LogP contribution in [0.4, 0.5) is 5.69 Å². The van der Waals surface area contributed by atoms with Crippen molar-refractivity contribution >= 4 is 40.2 Å². The molecule has 2 amide bonds. The Labute approximate surface area is 205 Å². The van der Waals surface area contributed by atoms with Gasteiger partial charge in [-0.3, -0.25) is 14.5 Å². The Balaban J connectivity index is 1.77. The molecule has 1 atom stereocenters. The molecule has 34 heavy (non-hydrogen) atoms. The lowest BCUT2D eigenvalue weighted by Gasteiger charge is -2.30. The molecule has 1 aliphatic rings. The van der Waals surface area contributed by atoms with Crippen molar-refractivity contribution in [2.75, 3.05) is 23.8 Å². The molecule has 0 aliphatic carbocycles. The fourth-order valence-corrected chi connectivity index (χ4v) is 5.55. The van der Waals surface area contributed by atoms with Crippen LogP contribution in [-0.2, 0) is 27.8 Å². The van der Waals surface area contributed by atoms with Crippen LogP contribution in [0.15, 0.2) is 53.6 Å². The molecule has 6 nitrogen and oxygen atoms in total. The van der Waals surface area contributed by atoms with Crippen molar-refractivity contribution in [3.8, 4) is 0 Å². The van der Waals surface area contributed by atoms with Gasteiger partial charge < -0.3 is 14.6 Å². The first-order valence-electron chi connectivity index (χ1n) is 11.9. The van der Waals surface area contributed by atoms with Crippen LogP contribution in [0.3, 0.4) is 0 Å². The summed E-state index contributed by atoms with van der Waals surface area (Å²) in [7, 11) is 2.00. The molecule has 0 unspecified atom stereocenters. The summed E-state index contributed by atoms with van der Waals surface area (Å²) in [5.74, 6) is 0.0428. The normalized spacial score (nSPS) is 16.1. The summed E-state index contributed by atoms with van der Waals surface area (Å²) in [5.41, 5.74) is 3.84. The number of aryl methyl sites for hydroxylation is 2. The smallest absolute Gasteiger partial charge is 0.247 e. The largest absolute Gasteiger partial charge is 0.379 e. The molecule has 2 heterocycles. The van der Waals surface area contributed by atoms with Crippen molar-refractivity contribution in [3.63, 3.8) is 0 Å². The molecule has 1 N–H and O–H groups in total. The Morgan fingerprint density at radius 1 is 1.21 bits per heavy atom. The molecule has 0 radical (unpaired) electrons. The van der Waals surface area contributed by atoms with Crippen LogP contribution in [0.2, 0.25) is 0 Å². The number of rotatable bonds is 8. The SMILES string of the molecule is CCc1cccc(N2C(=O)CSc3c(c4ccccc4n3C)[C@@H]2C(=O)NCCCOC(C)C)c1. The second kappa shape index (κ2) is 10.7. The number of ether oxygens (including phenoxy) is 1. The minimum atomic E-state index is -0.748. The van der Waals surface area contributed by atoms with E-state index in [-0.39, 0.29) is 23.7 Å². The van der Waals surface area contributed by atoms with Gasteiger partial charge in [-0.2, -0.15) is 0 Å². The molecule has 180 valence electrons.